The van der Waals surface area contributed by atoms with Gasteiger partial charge in [-0.25, -0.2) is 9.97 Å². The van der Waals surface area contributed by atoms with Crippen molar-refractivity contribution in [1.29, 1.82) is 0 Å². The molecule has 5 rings (SSSR count). The number of benzene rings is 2. The monoisotopic (exact) mass is 546 g/mol. The molecule has 2 aromatic heterocycles. The van der Waals surface area contributed by atoms with Crippen LogP contribution in [0, 0.1) is 9.81 Å². The molecule has 2 unspecified atom stereocenters. The Morgan fingerprint density at radius 3 is 2.05 bits per heavy atom. The first-order valence-corrected chi connectivity index (χ1v) is 13.4. The Hall–Kier alpha value is -4.16. The molecule has 192 valence electrons. The SMILES string of the molecule is CC(C)c1ccc(C2CC2c2ccccc2C(=O)Nc2ncc(N=O)s2)cc1C(=O)Nc1ncc(N=O)s1. The molecule has 1 aliphatic rings. The number of aromatic nitrogens is 2. The molecule has 0 bridgehead atoms. The predicted molar refractivity (Wildman–Crippen MR) is 148 cm³/mol. The number of nitroso groups, excluding NO2 is 2. The van der Waals surface area contributed by atoms with Crippen LogP contribution < -0.4 is 10.6 Å². The van der Waals surface area contributed by atoms with E-state index in [0.29, 0.717) is 21.4 Å². The number of thiazole rings is 2. The van der Waals surface area contributed by atoms with Gasteiger partial charge in [0, 0.05) is 11.1 Å². The molecule has 4 aromatic rings. The summed E-state index contributed by atoms with van der Waals surface area (Å²) in [6.07, 6.45) is 3.48. The van der Waals surface area contributed by atoms with Gasteiger partial charge in [0.15, 0.2) is 20.3 Å². The number of carbonyl (C=O) groups excluding carboxylic acids is 2. The summed E-state index contributed by atoms with van der Waals surface area (Å²) < 4.78 is 0. The standard InChI is InChI=1S/C26H22N6O4S2/c1-13(2)15-8-7-14(9-20(15)24(34)30-26-28-12-22(32-36)38-26)18-10-19(18)16-5-3-4-6-17(16)23(33)29-25-27-11-21(31-35)37-25/h3-9,11-13,18-19H,10H2,1-2H3,(H,27,29,33)(H,28,30,34). The predicted octanol–water partition coefficient (Wildman–Crippen LogP) is 7.29. The summed E-state index contributed by atoms with van der Waals surface area (Å²) in [4.78, 5) is 55.7. The average Bonchev–Trinajstić information content (AvgIpc) is 3.37. The molecule has 1 saturated carbocycles. The van der Waals surface area contributed by atoms with Gasteiger partial charge in [0.2, 0.25) is 0 Å². The van der Waals surface area contributed by atoms with Gasteiger partial charge in [0.25, 0.3) is 11.8 Å². The number of rotatable bonds is 9. The zero-order valence-corrected chi connectivity index (χ0v) is 22.0. The molecule has 2 aromatic carbocycles. The van der Waals surface area contributed by atoms with Gasteiger partial charge in [-0.2, -0.15) is 0 Å². The number of anilines is 2. The molecule has 2 atom stereocenters. The Bertz CT molecular complexity index is 1550. The van der Waals surface area contributed by atoms with E-state index in [9.17, 15) is 19.4 Å². The number of amides is 2. The largest absolute Gasteiger partial charge is 0.298 e. The number of nitrogens with zero attached hydrogens (tertiary/aromatic N) is 4. The minimum absolute atomic E-state index is 0.112. The molecule has 2 N–H and O–H groups in total. The lowest BCUT2D eigenvalue weighted by Gasteiger charge is -2.14. The van der Waals surface area contributed by atoms with Crippen molar-refractivity contribution in [2.45, 2.75) is 38.0 Å². The van der Waals surface area contributed by atoms with Crippen LogP contribution in [-0.2, 0) is 0 Å². The van der Waals surface area contributed by atoms with Crippen molar-refractivity contribution < 1.29 is 9.59 Å². The van der Waals surface area contributed by atoms with E-state index in [-0.39, 0.29) is 39.6 Å². The van der Waals surface area contributed by atoms with Crippen LogP contribution in [0.4, 0.5) is 20.3 Å². The zero-order chi connectivity index (χ0) is 26.8. The molecule has 1 aliphatic carbocycles. The average molecular weight is 547 g/mol. The maximum atomic E-state index is 13.2. The summed E-state index contributed by atoms with van der Waals surface area (Å²) in [5.41, 5.74) is 3.91. The lowest BCUT2D eigenvalue weighted by atomic mass is 9.92. The third-order valence-electron chi connectivity index (χ3n) is 6.38. The van der Waals surface area contributed by atoms with Crippen LogP contribution in [0.5, 0.6) is 0 Å². The summed E-state index contributed by atoms with van der Waals surface area (Å²) in [5.74, 6) is -0.226. The van der Waals surface area contributed by atoms with Gasteiger partial charge >= 0.3 is 0 Å². The summed E-state index contributed by atoms with van der Waals surface area (Å²) in [7, 11) is 0. The summed E-state index contributed by atoms with van der Waals surface area (Å²) >= 11 is 2.02. The quantitative estimate of drug-likeness (QED) is 0.211. The van der Waals surface area contributed by atoms with Gasteiger partial charge in [-0.05, 0) is 63.4 Å². The molecule has 0 spiro atoms. The maximum absolute atomic E-state index is 13.2. The van der Waals surface area contributed by atoms with Crippen LogP contribution in [-0.4, -0.2) is 21.8 Å². The second-order valence-electron chi connectivity index (χ2n) is 9.14. The Labute approximate surface area is 225 Å². The molecular weight excluding hydrogens is 524 g/mol. The van der Waals surface area contributed by atoms with E-state index in [1.165, 1.54) is 12.4 Å². The first-order chi connectivity index (χ1) is 18.4. The van der Waals surface area contributed by atoms with Gasteiger partial charge in [-0.3, -0.25) is 20.2 Å². The second-order valence-corrected chi connectivity index (χ2v) is 11.2. The van der Waals surface area contributed by atoms with Crippen molar-refractivity contribution in [2.75, 3.05) is 10.6 Å². The normalized spacial score (nSPS) is 16.2. The van der Waals surface area contributed by atoms with Gasteiger partial charge in [0.05, 0.1) is 12.4 Å². The van der Waals surface area contributed by atoms with Gasteiger partial charge in [-0.15, -0.1) is 9.81 Å². The third kappa shape index (κ3) is 5.27. The van der Waals surface area contributed by atoms with E-state index >= 15 is 0 Å². The van der Waals surface area contributed by atoms with Gasteiger partial charge < -0.3 is 0 Å². The number of carbonyl (C=O) groups is 2. The highest BCUT2D eigenvalue weighted by molar-refractivity contribution is 7.19. The van der Waals surface area contributed by atoms with Gasteiger partial charge in [-0.1, -0.05) is 66.9 Å². The fourth-order valence-corrected chi connectivity index (χ4v) is 5.68. The molecule has 0 aliphatic heterocycles. The number of hydrogen-bond donors (Lipinski definition) is 2. The number of nitrogens with one attached hydrogen (secondary N) is 2. The second kappa shape index (κ2) is 10.7. The minimum Gasteiger partial charge on any atom is -0.298 e. The molecule has 10 nitrogen and oxygen atoms in total. The molecule has 0 radical (unpaired) electrons. The smallest absolute Gasteiger partial charge is 0.257 e. The molecule has 38 heavy (non-hydrogen) atoms. The Balaban J connectivity index is 1.37. The van der Waals surface area contributed by atoms with Crippen molar-refractivity contribution in [3.8, 4) is 0 Å². The van der Waals surface area contributed by atoms with Crippen LogP contribution in [0.1, 0.15) is 75.4 Å². The van der Waals surface area contributed by atoms with E-state index < -0.39 is 0 Å². The highest BCUT2D eigenvalue weighted by Gasteiger charge is 2.41. The highest BCUT2D eigenvalue weighted by atomic mass is 32.1. The first-order valence-electron chi connectivity index (χ1n) is 11.8. The lowest BCUT2D eigenvalue weighted by Crippen LogP contribution is -2.15. The summed E-state index contributed by atoms with van der Waals surface area (Å²) in [5, 5.41) is 12.2. The Morgan fingerprint density at radius 2 is 1.47 bits per heavy atom. The number of hydrogen-bond acceptors (Lipinski definition) is 10. The third-order valence-corrected chi connectivity index (χ3v) is 7.96. The van der Waals surface area contributed by atoms with E-state index in [1.807, 2.05) is 44.2 Å². The minimum atomic E-state index is -0.305. The lowest BCUT2D eigenvalue weighted by molar-refractivity contribution is 0.101. The van der Waals surface area contributed by atoms with Crippen LogP contribution in [0.2, 0.25) is 0 Å². The molecule has 0 saturated heterocycles. The summed E-state index contributed by atoms with van der Waals surface area (Å²) in [6.45, 7) is 4.05. The van der Waals surface area contributed by atoms with Crippen LogP contribution in [0.3, 0.4) is 0 Å². The Kier molecular flexibility index (Phi) is 7.16. The van der Waals surface area contributed by atoms with Crippen molar-refractivity contribution in [1.82, 2.24) is 9.97 Å². The van der Waals surface area contributed by atoms with Crippen molar-refractivity contribution in [2.24, 2.45) is 10.4 Å². The fraction of sp³-hybridized carbons (Fsp3) is 0.231. The molecule has 2 heterocycles. The fourth-order valence-electron chi connectivity index (χ4n) is 4.50. The molecular formula is C26H22N6O4S2. The molecule has 1 fully saturated rings. The van der Waals surface area contributed by atoms with Crippen LogP contribution >= 0.6 is 22.7 Å². The summed E-state index contributed by atoms with van der Waals surface area (Å²) in [6, 6.07) is 13.3. The van der Waals surface area contributed by atoms with Crippen molar-refractivity contribution in [3.63, 3.8) is 0 Å². The molecule has 12 heteroatoms. The van der Waals surface area contributed by atoms with Crippen LogP contribution in [0.25, 0.3) is 0 Å². The van der Waals surface area contributed by atoms with Crippen molar-refractivity contribution >= 4 is 54.8 Å². The first kappa shape index (κ1) is 25.5. The topological polar surface area (TPSA) is 143 Å². The van der Waals surface area contributed by atoms with Crippen molar-refractivity contribution in [3.05, 3.63) is 92.5 Å². The van der Waals surface area contributed by atoms with E-state index in [0.717, 1.165) is 45.8 Å². The Morgan fingerprint density at radius 1 is 0.868 bits per heavy atom. The van der Waals surface area contributed by atoms with E-state index in [4.69, 9.17) is 0 Å². The maximum Gasteiger partial charge on any atom is 0.257 e. The molecule has 2 amide bonds. The van der Waals surface area contributed by atoms with E-state index in [2.05, 4.69) is 31.0 Å². The van der Waals surface area contributed by atoms with Crippen LogP contribution in [0.15, 0.2) is 65.2 Å². The van der Waals surface area contributed by atoms with Gasteiger partial charge in [0.1, 0.15) is 0 Å². The zero-order valence-electron chi connectivity index (χ0n) is 20.4. The highest BCUT2D eigenvalue weighted by Crippen LogP contribution is 2.55. The van der Waals surface area contributed by atoms with E-state index in [1.54, 1.807) is 12.1 Å².